The van der Waals surface area contributed by atoms with Crippen LogP contribution in [0.4, 0.5) is 11.4 Å². The van der Waals surface area contributed by atoms with E-state index in [9.17, 15) is 9.59 Å². The molecule has 0 saturated heterocycles. The zero-order valence-corrected chi connectivity index (χ0v) is 19.5. The molecule has 0 unspecified atom stereocenters. The Morgan fingerprint density at radius 2 is 1.79 bits per heavy atom. The Hall–Kier alpha value is -2.87. The minimum absolute atomic E-state index is 0.0104. The van der Waals surface area contributed by atoms with Gasteiger partial charge in [0.05, 0.1) is 19.1 Å². The molecule has 1 aromatic heterocycles. The maximum absolute atomic E-state index is 12.8. The van der Waals surface area contributed by atoms with Crippen molar-refractivity contribution in [2.45, 2.75) is 44.9 Å². The Labute approximate surface area is 198 Å². The van der Waals surface area contributed by atoms with Crippen molar-refractivity contribution in [1.82, 2.24) is 5.32 Å². The third-order valence-corrected chi connectivity index (χ3v) is 7.61. The summed E-state index contributed by atoms with van der Waals surface area (Å²) in [6.07, 6.45) is 9.65. The molecule has 2 amide bonds. The van der Waals surface area contributed by atoms with Crippen molar-refractivity contribution in [3.8, 4) is 5.75 Å². The van der Waals surface area contributed by atoms with Gasteiger partial charge in [0.15, 0.2) is 10.9 Å². The van der Waals surface area contributed by atoms with Crippen LogP contribution in [0.1, 0.15) is 55.5 Å². The lowest BCUT2D eigenvalue weighted by Crippen LogP contribution is -2.48. The summed E-state index contributed by atoms with van der Waals surface area (Å²) in [7, 11) is 1.52. The topological polar surface area (TPSA) is 92.6 Å². The number of carbonyl (C=O) groups is 2. The van der Waals surface area contributed by atoms with Crippen LogP contribution >= 0.6 is 12.2 Å². The highest BCUT2D eigenvalue weighted by molar-refractivity contribution is 7.80. The highest BCUT2D eigenvalue weighted by Crippen LogP contribution is 2.61. The van der Waals surface area contributed by atoms with Crippen molar-refractivity contribution < 1.29 is 18.7 Å². The molecule has 4 saturated carbocycles. The third-order valence-electron chi connectivity index (χ3n) is 7.41. The molecule has 1 aromatic carbocycles. The Kier molecular flexibility index (Phi) is 5.86. The average Bonchev–Trinajstić information content (AvgIpc) is 3.28. The molecule has 8 heteroatoms. The number of ether oxygens (including phenoxy) is 1. The van der Waals surface area contributed by atoms with E-state index in [1.54, 1.807) is 30.3 Å². The monoisotopic (exact) mass is 467 g/mol. The minimum atomic E-state index is -0.369. The summed E-state index contributed by atoms with van der Waals surface area (Å²) in [5, 5.41) is 8.94. The van der Waals surface area contributed by atoms with E-state index in [-0.39, 0.29) is 28.1 Å². The number of thiocarbonyl (C=S) groups is 1. The lowest BCUT2D eigenvalue weighted by molar-refractivity contribution is -0.127. The number of rotatable bonds is 6. The van der Waals surface area contributed by atoms with Crippen molar-refractivity contribution in [1.29, 1.82) is 0 Å². The molecule has 4 fully saturated rings. The average molecular weight is 468 g/mol. The van der Waals surface area contributed by atoms with Gasteiger partial charge in [0.2, 0.25) is 5.91 Å². The maximum atomic E-state index is 12.8. The summed E-state index contributed by atoms with van der Waals surface area (Å²) in [6.45, 7) is 0. The molecule has 1 heterocycles. The molecule has 4 aliphatic rings. The van der Waals surface area contributed by atoms with Crippen LogP contribution < -0.4 is 20.7 Å². The van der Waals surface area contributed by atoms with Crippen LogP contribution in [0.15, 0.2) is 41.0 Å². The lowest BCUT2D eigenvalue weighted by atomic mass is 9.49. The molecule has 174 valence electrons. The van der Waals surface area contributed by atoms with Gasteiger partial charge in [-0.3, -0.25) is 9.59 Å². The number of carbonyl (C=O) groups excluding carboxylic acids is 2. The number of amides is 2. The van der Waals surface area contributed by atoms with Gasteiger partial charge in [0.1, 0.15) is 5.75 Å². The van der Waals surface area contributed by atoms with E-state index in [0.717, 1.165) is 17.8 Å². The fraction of sp³-hybridized carbons (Fsp3) is 0.480. The van der Waals surface area contributed by atoms with Crippen LogP contribution in [0.3, 0.4) is 0 Å². The van der Waals surface area contributed by atoms with Gasteiger partial charge in [0, 0.05) is 18.2 Å². The predicted octanol–water partition coefficient (Wildman–Crippen LogP) is 4.96. The molecule has 0 atom stereocenters. The second kappa shape index (κ2) is 8.82. The Morgan fingerprint density at radius 3 is 2.39 bits per heavy atom. The first-order valence-electron chi connectivity index (χ1n) is 11.5. The summed E-state index contributed by atoms with van der Waals surface area (Å²) in [5.41, 5.74) is 1.33. The zero-order chi connectivity index (χ0) is 23.0. The van der Waals surface area contributed by atoms with Crippen molar-refractivity contribution in [3.05, 3.63) is 42.4 Å². The fourth-order valence-electron chi connectivity index (χ4n) is 6.64. The number of hydrogen-bond donors (Lipinski definition) is 3. The first-order chi connectivity index (χ1) is 15.9. The summed E-state index contributed by atoms with van der Waals surface area (Å²) < 4.78 is 10.5. The SMILES string of the molecule is COc1cc(NC(=S)NC(=O)CC23CC4CC(CC(C4)C2)C3)ccc1NC(=O)c1ccco1. The van der Waals surface area contributed by atoms with E-state index in [1.807, 2.05) is 0 Å². The fourth-order valence-corrected chi connectivity index (χ4v) is 6.88. The molecule has 3 N–H and O–H groups in total. The van der Waals surface area contributed by atoms with Crippen molar-refractivity contribution in [2.24, 2.45) is 23.2 Å². The summed E-state index contributed by atoms with van der Waals surface area (Å²) in [5.74, 6) is 2.73. The second-order valence-corrected chi connectivity index (χ2v) is 10.4. The second-order valence-electron chi connectivity index (χ2n) is 9.94. The summed E-state index contributed by atoms with van der Waals surface area (Å²) in [4.78, 5) is 25.1. The standard InChI is InChI=1S/C25H29N3O4S/c1-31-21-10-18(4-5-19(21)27-23(30)20-3-2-6-32-20)26-24(33)28-22(29)14-25-11-15-7-16(12-25)9-17(8-15)13-25/h2-6,10,15-17H,7-9,11-14H2,1H3,(H,27,30)(H2,26,28,29,33). The molecular formula is C25H29N3O4S. The van der Waals surface area contributed by atoms with Gasteiger partial charge in [-0.1, -0.05) is 0 Å². The number of furan rings is 1. The van der Waals surface area contributed by atoms with Gasteiger partial charge >= 0.3 is 0 Å². The van der Waals surface area contributed by atoms with Crippen LogP contribution in [0.2, 0.25) is 0 Å². The summed E-state index contributed by atoms with van der Waals surface area (Å²) >= 11 is 5.39. The molecule has 4 bridgehead atoms. The molecule has 0 radical (unpaired) electrons. The molecular weight excluding hydrogens is 438 g/mol. The normalized spacial score (nSPS) is 27.1. The quantitative estimate of drug-likeness (QED) is 0.520. The maximum Gasteiger partial charge on any atom is 0.291 e. The van der Waals surface area contributed by atoms with E-state index in [2.05, 4.69) is 16.0 Å². The molecule has 0 aliphatic heterocycles. The van der Waals surface area contributed by atoms with E-state index in [1.165, 1.54) is 51.9 Å². The first-order valence-corrected chi connectivity index (χ1v) is 12.0. The van der Waals surface area contributed by atoms with Crippen LogP contribution in [0.25, 0.3) is 0 Å². The van der Waals surface area contributed by atoms with Crippen LogP contribution in [-0.4, -0.2) is 24.0 Å². The first kappa shape index (κ1) is 21.9. The van der Waals surface area contributed by atoms with Crippen LogP contribution in [-0.2, 0) is 4.79 Å². The highest BCUT2D eigenvalue weighted by Gasteiger charge is 2.51. The van der Waals surface area contributed by atoms with Gasteiger partial charge in [-0.05, 0) is 98.2 Å². The van der Waals surface area contributed by atoms with Gasteiger partial charge in [0.25, 0.3) is 5.91 Å². The highest BCUT2D eigenvalue weighted by atomic mass is 32.1. The number of benzene rings is 1. The molecule has 4 aliphatic carbocycles. The Morgan fingerprint density at radius 1 is 1.09 bits per heavy atom. The van der Waals surface area contributed by atoms with Crippen LogP contribution in [0, 0.1) is 23.2 Å². The number of anilines is 2. The van der Waals surface area contributed by atoms with Gasteiger partial charge < -0.3 is 25.1 Å². The van der Waals surface area contributed by atoms with Gasteiger partial charge in [-0.2, -0.15) is 0 Å². The van der Waals surface area contributed by atoms with E-state index < -0.39 is 0 Å². The molecule has 6 rings (SSSR count). The smallest absolute Gasteiger partial charge is 0.291 e. The van der Waals surface area contributed by atoms with Gasteiger partial charge in [-0.15, -0.1) is 0 Å². The van der Waals surface area contributed by atoms with E-state index >= 15 is 0 Å². The predicted molar refractivity (Wildman–Crippen MR) is 129 cm³/mol. The third kappa shape index (κ3) is 4.76. The minimum Gasteiger partial charge on any atom is -0.494 e. The molecule has 2 aromatic rings. The number of hydrogen-bond acceptors (Lipinski definition) is 5. The number of nitrogens with one attached hydrogen (secondary N) is 3. The largest absolute Gasteiger partial charge is 0.494 e. The molecule has 7 nitrogen and oxygen atoms in total. The lowest BCUT2D eigenvalue weighted by Gasteiger charge is -2.56. The zero-order valence-electron chi connectivity index (χ0n) is 18.7. The summed E-state index contributed by atoms with van der Waals surface area (Å²) in [6, 6.07) is 8.43. The van der Waals surface area contributed by atoms with Crippen molar-refractivity contribution in [3.63, 3.8) is 0 Å². The number of methoxy groups -OCH3 is 1. The van der Waals surface area contributed by atoms with E-state index in [4.69, 9.17) is 21.4 Å². The Balaban J connectivity index is 1.17. The van der Waals surface area contributed by atoms with Crippen molar-refractivity contribution >= 4 is 40.5 Å². The Bertz CT molecular complexity index is 1030. The van der Waals surface area contributed by atoms with Crippen LogP contribution in [0.5, 0.6) is 5.75 Å². The molecule has 33 heavy (non-hydrogen) atoms. The van der Waals surface area contributed by atoms with Gasteiger partial charge in [-0.25, -0.2) is 0 Å². The molecule has 0 spiro atoms. The van der Waals surface area contributed by atoms with Crippen molar-refractivity contribution in [2.75, 3.05) is 17.7 Å². The van der Waals surface area contributed by atoms with E-state index in [0.29, 0.717) is 23.5 Å².